The second-order valence-corrected chi connectivity index (χ2v) is 7.98. The van der Waals surface area contributed by atoms with Crippen molar-refractivity contribution < 1.29 is 0 Å². The van der Waals surface area contributed by atoms with Gasteiger partial charge in [-0.25, -0.2) is 0 Å². The minimum Gasteiger partial charge on any atom is -0.362 e. The molecule has 1 aliphatic carbocycles. The summed E-state index contributed by atoms with van der Waals surface area (Å²) in [6, 6.07) is 6.35. The number of hydrogen-bond acceptors (Lipinski definition) is 2. The maximum Gasteiger partial charge on any atom is 0.170 e. The van der Waals surface area contributed by atoms with E-state index in [1.165, 1.54) is 55.4 Å². The molecule has 0 amide bonds. The molecule has 2 rings (SSSR count). The Hall–Kier alpha value is -0.740. The van der Waals surface area contributed by atoms with Crippen molar-refractivity contribution in [2.45, 2.75) is 57.6 Å². The molecule has 1 saturated carbocycles. The van der Waals surface area contributed by atoms with Crippen LogP contribution >= 0.6 is 24.0 Å². The van der Waals surface area contributed by atoms with Crippen LogP contribution in [0.15, 0.2) is 18.2 Å². The van der Waals surface area contributed by atoms with Gasteiger partial charge in [-0.1, -0.05) is 25.3 Å². The summed E-state index contributed by atoms with van der Waals surface area (Å²) in [5.41, 5.74) is 3.66. The SMILES string of the molecule is Cc1ccc(NC(=S)NCCCSC2CCCCC2)cc1C. The molecule has 0 unspecified atom stereocenters. The van der Waals surface area contributed by atoms with Crippen LogP contribution in [0.4, 0.5) is 5.69 Å². The zero-order chi connectivity index (χ0) is 15.8. The Kier molecular flexibility index (Phi) is 7.53. The van der Waals surface area contributed by atoms with Crippen LogP contribution in [-0.2, 0) is 0 Å². The monoisotopic (exact) mass is 336 g/mol. The van der Waals surface area contributed by atoms with Crippen LogP contribution in [0.3, 0.4) is 0 Å². The topological polar surface area (TPSA) is 24.1 Å². The van der Waals surface area contributed by atoms with E-state index in [0.29, 0.717) is 0 Å². The number of benzene rings is 1. The lowest BCUT2D eigenvalue weighted by Gasteiger charge is -2.20. The highest BCUT2D eigenvalue weighted by atomic mass is 32.2. The van der Waals surface area contributed by atoms with Crippen molar-refractivity contribution in [2.75, 3.05) is 17.6 Å². The van der Waals surface area contributed by atoms with Crippen molar-refractivity contribution in [3.8, 4) is 0 Å². The van der Waals surface area contributed by atoms with Gasteiger partial charge in [0.25, 0.3) is 0 Å². The van der Waals surface area contributed by atoms with Gasteiger partial charge in [0.15, 0.2) is 5.11 Å². The normalized spacial score (nSPS) is 15.5. The fourth-order valence-corrected chi connectivity index (χ4v) is 4.28. The summed E-state index contributed by atoms with van der Waals surface area (Å²) in [4.78, 5) is 0. The molecule has 1 aromatic rings. The highest BCUT2D eigenvalue weighted by Crippen LogP contribution is 2.28. The van der Waals surface area contributed by atoms with Gasteiger partial charge in [0.1, 0.15) is 0 Å². The van der Waals surface area contributed by atoms with E-state index in [1.807, 2.05) is 0 Å². The zero-order valence-corrected chi connectivity index (χ0v) is 15.4. The third kappa shape index (κ3) is 6.17. The van der Waals surface area contributed by atoms with Crippen LogP contribution in [0.1, 0.15) is 49.7 Å². The number of thioether (sulfide) groups is 1. The molecule has 1 aliphatic rings. The second-order valence-electron chi connectivity index (χ2n) is 6.16. The second kappa shape index (κ2) is 9.41. The molecule has 2 N–H and O–H groups in total. The van der Waals surface area contributed by atoms with Crippen molar-refractivity contribution in [3.05, 3.63) is 29.3 Å². The first kappa shape index (κ1) is 17.6. The summed E-state index contributed by atoms with van der Waals surface area (Å²) in [5, 5.41) is 8.21. The number of hydrogen-bond donors (Lipinski definition) is 2. The number of anilines is 1. The number of thiocarbonyl (C=S) groups is 1. The molecule has 0 atom stereocenters. The van der Waals surface area contributed by atoms with Crippen LogP contribution in [0.25, 0.3) is 0 Å². The van der Waals surface area contributed by atoms with Gasteiger partial charge in [-0.15, -0.1) is 0 Å². The van der Waals surface area contributed by atoms with Crippen LogP contribution < -0.4 is 10.6 Å². The van der Waals surface area contributed by atoms with Crippen molar-refractivity contribution in [3.63, 3.8) is 0 Å². The molecule has 0 aromatic heterocycles. The quantitative estimate of drug-likeness (QED) is 0.561. The van der Waals surface area contributed by atoms with Crippen LogP contribution in [0.5, 0.6) is 0 Å². The predicted molar refractivity (Wildman–Crippen MR) is 104 cm³/mol. The molecule has 1 aromatic carbocycles. The van der Waals surface area contributed by atoms with Crippen LogP contribution in [-0.4, -0.2) is 22.7 Å². The minimum absolute atomic E-state index is 0.728. The Morgan fingerprint density at radius 1 is 1.18 bits per heavy atom. The molecule has 0 heterocycles. The predicted octanol–water partition coefficient (Wildman–Crippen LogP) is 5.05. The van der Waals surface area contributed by atoms with Crippen LogP contribution in [0.2, 0.25) is 0 Å². The fraction of sp³-hybridized carbons (Fsp3) is 0.611. The first-order chi connectivity index (χ1) is 10.6. The molecule has 22 heavy (non-hydrogen) atoms. The van der Waals surface area contributed by atoms with Gasteiger partial charge in [0.2, 0.25) is 0 Å². The average molecular weight is 337 g/mol. The molecular formula is C18H28N2S2. The van der Waals surface area contributed by atoms with E-state index in [0.717, 1.165) is 22.6 Å². The maximum atomic E-state index is 5.36. The zero-order valence-electron chi connectivity index (χ0n) is 13.8. The highest BCUT2D eigenvalue weighted by molar-refractivity contribution is 7.99. The molecule has 0 aliphatic heterocycles. The Bertz CT molecular complexity index is 482. The Morgan fingerprint density at radius 3 is 2.68 bits per heavy atom. The van der Waals surface area contributed by atoms with Crippen molar-refractivity contribution in [1.29, 1.82) is 0 Å². The standard InChI is InChI=1S/C18H28N2S2/c1-14-9-10-16(13-15(14)2)20-18(21)19-11-6-12-22-17-7-4-3-5-8-17/h9-10,13,17H,3-8,11-12H2,1-2H3,(H2,19,20,21). The summed E-state index contributed by atoms with van der Waals surface area (Å²) in [7, 11) is 0. The van der Waals surface area contributed by atoms with Gasteiger partial charge in [-0.3, -0.25) is 0 Å². The molecule has 4 heteroatoms. The molecule has 1 fully saturated rings. The molecule has 0 bridgehead atoms. The maximum absolute atomic E-state index is 5.36. The van der Waals surface area contributed by atoms with Crippen molar-refractivity contribution in [2.24, 2.45) is 0 Å². The molecule has 0 saturated heterocycles. The van der Waals surface area contributed by atoms with E-state index in [9.17, 15) is 0 Å². The first-order valence-corrected chi connectivity index (χ1v) is 9.84. The third-order valence-electron chi connectivity index (χ3n) is 4.28. The highest BCUT2D eigenvalue weighted by Gasteiger charge is 2.12. The molecule has 0 spiro atoms. The molecule has 122 valence electrons. The van der Waals surface area contributed by atoms with E-state index < -0.39 is 0 Å². The van der Waals surface area contributed by atoms with E-state index in [2.05, 4.69) is 54.4 Å². The Balaban J connectivity index is 1.58. The third-order valence-corrected chi connectivity index (χ3v) is 5.99. The summed E-state index contributed by atoms with van der Waals surface area (Å²) in [6.45, 7) is 5.20. The lowest BCUT2D eigenvalue weighted by Crippen LogP contribution is -2.29. The average Bonchev–Trinajstić information content (AvgIpc) is 2.52. The summed E-state index contributed by atoms with van der Waals surface area (Å²) < 4.78 is 0. The minimum atomic E-state index is 0.728. The van der Waals surface area contributed by atoms with Gasteiger partial charge < -0.3 is 10.6 Å². The molecule has 0 radical (unpaired) electrons. The van der Waals surface area contributed by atoms with Gasteiger partial charge in [0, 0.05) is 17.5 Å². The van der Waals surface area contributed by atoms with Crippen molar-refractivity contribution in [1.82, 2.24) is 5.32 Å². The molecule has 2 nitrogen and oxygen atoms in total. The van der Waals surface area contributed by atoms with E-state index in [4.69, 9.17) is 12.2 Å². The van der Waals surface area contributed by atoms with E-state index >= 15 is 0 Å². The van der Waals surface area contributed by atoms with E-state index in [1.54, 1.807) is 0 Å². The van der Waals surface area contributed by atoms with Gasteiger partial charge in [-0.2, -0.15) is 11.8 Å². The first-order valence-electron chi connectivity index (χ1n) is 8.39. The Morgan fingerprint density at radius 2 is 1.95 bits per heavy atom. The number of nitrogens with one attached hydrogen (secondary N) is 2. The number of rotatable bonds is 6. The van der Waals surface area contributed by atoms with Gasteiger partial charge in [-0.05, 0) is 74.3 Å². The van der Waals surface area contributed by atoms with Gasteiger partial charge >= 0.3 is 0 Å². The van der Waals surface area contributed by atoms with Crippen LogP contribution in [0, 0.1) is 13.8 Å². The number of aryl methyl sites for hydroxylation is 2. The Labute approximate surface area is 144 Å². The smallest absolute Gasteiger partial charge is 0.170 e. The van der Waals surface area contributed by atoms with Gasteiger partial charge in [0.05, 0.1) is 0 Å². The lowest BCUT2D eigenvalue weighted by molar-refractivity contribution is 0.516. The lowest BCUT2D eigenvalue weighted by atomic mass is 10.0. The summed E-state index contributed by atoms with van der Waals surface area (Å²) >= 11 is 7.51. The fourth-order valence-electron chi connectivity index (χ4n) is 2.75. The largest absolute Gasteiger partial charge is 0.362 e. The van der Waals surface area contributed by atoms with E-state index in [-0.39, 0.29) is 0 Å². The summed E-state index contributed by atoms with van der Waals surface area (Å²) in [5.74, 6) is 1.24. The van der Waals surface area contributed by atoms with Crippen molar-refractivity contribution >= 4 is 34.8 Å². The summed E-state index contributed by atoms with van der Waals surface area (Å²) in [6.07, 6.45) is 8.32. The molecular weight excluding hydrogens is 308 g/mol.